The van der Waals surface area contributed by atoms with E-state index in [9.17, 15) is 4.79 Å². The van der Waals surface area contributed by atoms with E-state index in [1.807, 2.05) is 25.1 Å². The van der Waals surface area contributed by atoms with Crippen LogP contribution in [0.15, 0.2) is 30.3 Å². The van der Waals surface area contributed by atoms with Crippen molar-refractivity contribution in [2.45, 2.75) is 64.0 Å². The molecule has 1 fully saturated rings. The molecule has 0 spiro atoms. The van der Waals surface area contributed by atoms with Gasteiger partial charge in [0.1, 0.15) is 0 Å². The first-order chi connectivity index (χ1) is 10.1. The second-order valence-corrected chi connectivity index (χ2v) is 6.45. The van der Waals surface area contributed by atoms with Crippen molar-refractivity contribution >= 4 is 18.3 Å². The summed E-state index contributed by atoms with van der Waals surface area (Å²) in [6.45, 7) is 1.87. The second kappa shape index (κ2) is 9.86. The Morgan fingerprint density at radius 2 is 1.86 bits per heavy atom. The molecule has 3 nitrogen and oxygen atoms in total. The molecule has 0 bridgehead atoms. The lowest BCUT2D eigenvalue weighted by atomic mass is 9.83. The Morgan fingerprint density at radius 1 is 1.23 bits per heavy atom. The van der Waals surface area contributed by atoms with Gasteiger partial charge < -0.3 is 11.1 Å². The molecule has 0 saturated heterocycles. The molecule has 1 saturated carbocycles. The average Bonchev–Trinajstić information content (AvgIpc) is 2.48. The van der Waals surface area contributed by atoms with Crippen molar-refractivity contribution in [1.29, 1.82) is 0 Å². The molecular formula is C18H29ClN2O. The van der Waals surface area contributed by atoms with Crippen LogP contribution in [-0.2, 0) is 4.79 Å². The van der Waals surface area contributed by atoms with Crippen molar-refractivity contribution in [2.24, 2.45) is 11.7 Å². The van der Waals surface area contributed by atoms with E-state index in [4.69, 9.17) is 5.73 Å². The minimum atomic E-state index is -0.0869. The van der Waals surface area contributed by atoms with E-state index in [1.54, 1.807) is 0 Å². The normalized spacial score (nSPS) is 18.1. The molecule has 0 heterocycles. The second-order valence-electron chi connectivity index (χ2n) is 6.45. The van der Waals surface area contributed by atoms with Crippen LogP contribution in [-0.4, -0.2) is 11.9 Å². The van der Waals surface area contributed by atoms with Gasteiger partial charge in [-0.3, -0.25) is 4.79 Å². The fourth-order valence-electron chi connectivity index (χ4n) is 3.27. The number of carbonyl (C=O) groups excluding carboxylic acids is 1. The first kappa shape index (κ1) is 19.0. The lowest BCUT2D eigenvalue weighted by molar-refractivity contribution is -0.122. The predicted octanol–water partition coefficient (Wildman–Crippen LogP) is 3.97. The molecule has 0 aromatic heterocycles. The first-order valence-corrected chi connectivity index (χ1v) is 8.25. The number of benzene rings is 1. The zero-order valence-corrected chi connectivity index (χ0v) is 14.3. The van der Waals surface area contributed by atoms with E-state index in [0.717, 1.165) is 12.3 Å². The van der Waals surface area contributed by atoms with Crippen LogP contribution in [0.3, 0.4) is 0 Å². The number of nitrogens with two attached hydrogens (primary N) is 1. The summed E-state index contributed by atoms with van der Waals surface area (Å²) in [5.74, 6) is 0.800. The standard InChI is InChI=1S/C18H28N2O.ClH/c1-14(19)12-18(21)20-17(16-10-6-3-7-11-16)13-15-8-4-2-5-9-15;/h3,6-7,10-11,14-15,17H,2,4-5,8-9,12-13,19H2,1H3,(H,20,21);1H. The maximum absolute atomic E-state index is 12.1. The van der Waals surface area contributed by atoms with Crippen LogP contribution in [0, 0.1) is 5.92 Å². The van der Waals surface area contributed by atoms with E-state index < -0.39 is 0 Å². The molecule has 2 unspecified atom stereocenters. The molecule has 0 radical (unpaired) electrons. The molecule has 0 aliphatic heterocycles. The van der Waals surface area contributed by atoms with E-state index >= 15 is 0 Å². The van der Waals surface area contributed by atoms with E-state index in [0.29, 0.717) is 6.42 Å². The SMILES string of the molecule is CC(N)CC(=O)NC(CC1CCCCC1)c1ccccc1.Cl. The van der Waals surface area contributed by atoms with E-state index in [2.05, 4.69) is 17.4 Å². The number of halogens is 1. The third-order valence-corrected chi connectivity index (χ3v) is 4.34. The summed E-state index contributed by atoms with van der Waals surface area (Å²) in [6.07, 6.45) is 8.07. The highest BCUT2D eigenvalue weighted by Crippen LogP contribution is 2.31. The highest BCUT2D eigenvalue weighted by atomic mass is 35.5. The summed E-state index contributed by atoms with van der Waals surface area (Å²) in [4.78, 5) is 12.1. The topological polar surface area (TPSA) is 55.1 Å². The summed E-state index contributed by atoms with van der Waals surface area (Å²) in [5, 5.41) is 3.19. The van der Waals surface area contributed by atoms with Crippen LogP contribution in [0.2, 0.25) is 0 Å². The van der Waals surface area contributed by atoms with E-state index in [1.165, 1.54) is 37.7 Å². The van der Waals surface area contributed by atoms with Crippen LogP contribution in [0.4, 0.5) is 0 Å². The van der Waals surface area contributed by atoms with E-state index in [-0.39, 0.29) is 30.4 Å². The largest absolute Gasteiger partial charge is 0.349 e. The fraction of sp³-hybridized carbons (Fsp3) is 0.611. The molecule has 1 aliphatic rings. The Morgan fingerprint density at radius 3 is 2.45 bits per heavy atom. The molecule has 3 N–H and O–H groups in total. The zero-order chi connectivity index (χ0) is 15.1. The zero-order valence-electron chi connectivity index (χ0n) is 13.5. The minimum Gasteiger partial charge on any atom is -0.349 e. The van der Waals surface area contributed by atoms with Crippen LogP contribution in [0.25, 0.3) is 0 Å². The van der Waals surface area contributed by atoms with Gasteiger partial charge in [-0.1, -0.05) is 62.4 Å². The van der Waals surface area contributed by atoms with Crippen molar-refractivity contribution in [3.05, 3.63) is 35.9 Å². The molecule has 4 heteroatoms. The van der Waals surface area contributed by atoms with Gasteiger partial charge in [0.15, 0.2) is 0 Å². The highest BCUT2D eigenvalue weighted by molar-refractivity contribution is 5.85. The molecule has 2 atom stereocenters. The van der Waals surface area contributed by atoms with Crippen LogP contribution in [0.1, 0.15) is 63.5 Å². The lowest BCUT2D eigenvalue weighted by Gasteiger charge is -2.27. The molecule has 1 aliphatic carbocycles. The smallest absolute Gasteiger partial charge is 0.222 e. The average molecular weight is 325 g/mol. The molecule has 1 aromatic carbocycles. The molecular weight excluding hydrogens is 296 g/mol. The third kappa shape index (κ3) is 6.37. The van der Waals surface area contributed by atoms with Crippen molar-refractivity contribution in [2.75, 3.05) is 0 Å². The van der Waals surface area contributed by atoms with Gasteiger partial charge in [-0.15, -0.1) is 12.4 Å². The molecule has 124 valence electrons. The van der Waals surface area contributed by atoms with Crippen molar-refractivity contribution in [3.63, 3.8) is 0 Å². The van der Waals surface area contributed by atoms with Gasteiger partial charge >= 0.3 is 0 Å². The summed E-state index contributed by atoms with van der Waals surface area (Å²) >= 11 is 0. The lowest BCUT2D eigenvalue weighted by Crippen LogP contribution is -2.34. The monoisotopic (exact) mass is 324 g/mol. The van der Waals surface area contributed by atoms with Crippen LogP contribution in [0.5, 0.6) is 0 Å². The molecule has 1 amide bonds. The van der Waals surface area contributed by atoms with Gasteiger partial charge in [0, 0.05) is 12.5 Å². The number of carbonyl (C=O) groups is 1. The number of hydrogen-bond donors (Lipinski definition) is 2. The number of amides is 1. The Hall–Kier alpha value is -1.06. The minimum absolute atomic E-state index is 0. The van der Waals surface area contributed by atoms with Gasteiger partial charge in [0.05, 0.1) is 6.04 Å². The van der Waals surface area contributed by atoms with Crippen LogP contribution < -0.4 is 11.1 Å². The Balaban J connectivity index is 0.00000242. The number of nitrogens with one attached hydrogen (secondary N) is 1. The Kier molecular flexibility index (Phi) is 8.51. The van der Waals surface area contributed by atoms with Gasteiger partial charge in [-0.05, 0) is 24.8 Å². The summed E-state index contributed by atoms with van der Waals surface area (Å²) < 4.78 is 0. The fourth-order valence-corrected chi connectivity index (χ4v) is 3.27. The molecule has 2 rings (SSSR count). The Bertz CT molecular complexity index is 430. The van der Waals surface area contributed by atoms with Gasteiger partial charge in [-0.2, -0.15) is 0 Å². The van der Waals surface area contributed by atoms with Crippen molar-refractivity contribution in [3.8, 4) is 0 Å². The molecule has 22 heavy (non-hydrogen) atoms. The maximum Gasteiger partial charge on any atom is 0.222 e. The molecule has 1 aromatic rings. The van der Waals surface area contributed by atoms with Crippen molar-refractivity contribution in [1.82, 2.24) is 5.32 Å². The third-order valence-electron chi connectivity index (χ3n) is 4.34. The predicted molar refractivity (Wildman–Crippen MR) is 94.0 cm³/mol. The number of rotatable bonds is 6. The maximum atomic E-state index is 12.1. The van der Waals surface area contributed by atoms with Crippen molar-refractivity contribution < 1.29 is 4.79 Å². The summed E-state index contributed by atoms with van der Waals surface area (Å²) in [7, 11) is 0. The van der Waals surface area contributed by atoms with Gasteiger partial charge in [0.25, 0.3) is 0 Å². The summed E-state index contributed by atoms with van der Waals surface area (Å²) in [5.41, 5.74) is 6.94. The van der Waals surface area contributed by atoms with Gasteiger partial charge in [-0.25, -0.2) is 0 Å². The quantitative estimate of drug-likeness (QED) is 0.831. The Labute approximate surface area is 140 Å². The van der Waals surface area contributed by atoms with Crippen LogP contribution >= 0.6 is 12.4 Å². The first-order valence-electron chi connectivity index (χ1n) is 8.25. The summed E-state index contributed by atoms with van der Waals surface area (Å²) in [6, 6.07) is 10.4. The van der Waals surface area contributed by atoms with Gasteiger partial charge in [0.2, 0.25) is 5.91 Å². The number of hydrogen-bond acceptors (Lipinski definition) is 2. The highest BCUT2D eigenvalue weighted by Gasteiger charge is 2.21.